The first-order chi connectivity index (χ1) is 5.16. The van der Waals surface area contributed by atoms with E-state index in [1.807, 2.05) is 0 Å². The molecule has 0 aliphatic rings. The second-order valence-corrected chi connectivity index (χ2v) is 3.73. The first kappa shape index (κ1) is 10.9. The maximum Gasteiger partial charge on any atom is -0.00226 e. The largest absolute Gasteiger partial charge is 0.330 e. The van der Waals surface area contributed by atoms with E-state index < -0.39 is 0 Å². The Morgan fingerprint density at radius 2 is 1.82 bits per heavy atom. The topological polar surface area (TPSA) is 38.0 Å². The van der Waals surface area contributed by atoms with Gasteiger partial charge in [0.2, 0.25) is 0 Å². The van der Waals surface area contributed by atoms with Crippen molar-refractivity contribution >= 4 is 0 Å². The monoisotopic (exact) mass is 158 g/mol. The van der Waals surface area contributed by atoms with Gasteiger partial charge in [0.15, 0.2) is 0 Å². The van der Waals surface area contributed by atoms with Crippen LogP contribution in [0.4, 0.5) is 0 Å². The van der Waals surface area contributed by atoms with E-state index in [1.165, 1.54) is 0 Å². The van der Waals surface area contributed by atoms with Gasteiger partial charge in [0.05, 0.1) is 0 Å². The molecule has 0 aromatic carbocycles. The Kier molecular flexibility index (Phi) is 6.57. The van der Waals surface area contributed by atoms with E-state index in [0.717, 1.165) is 37.9 Å². The van der Waals surface area contributed by atoms with Gasteiger partial charge in [-0.1, -0.05) is 20.8 Å². The van der Waals surface area contributed by atoms with Gasteiger partial charge in [-0.3, -0.25) is 0 Å². The van der Waals surface area contributed by atoms with Crippen molar-refractivity contribution in [3.8, 4) is 0 Å². The van der Waals surface area contributed by atoms with Crippen LogP contribution in [-0.4, -0.2) is 19.6 Å². The van der Waals surface area contributed by atoms with Crippen molar-refractivity contribution in [2.75, 3.05) is 19.6 Å². The maximum atomic E-state index is 5.43. The van der Waals surface area contributed by atoms with Crippen LogP contribution in [0.2, 0.25) is 0 Å². The minimum Gasteiger partial charge on any atom is -0.330 e. The molecular formula is C9H22N2. The molecule has 1 atom stereocenters. The molecule has 0 spiro atoms. The summed E-state index contributed by atoms with van der Waals surface area (Å²) in [5.74, 6) is 1.47. The Bertz CT molecular complexity index is 81.6. The Balaban J connectivity index is 3.10. The van der Waals surface area contributed by atoms with E-state index in [-0.39, 0.29) is 0 Å². The molecule has 0 fully saturated rings. The van der Waals surface area contributed by atoms with Crippen LogP contribution in [0.15, 0.2) is 0 Å². The third-order valence-electron chi connectivity index (χ3n) is 1.70. The quantitative estimate of drug-likeness (QED) is 0.610. The molecule has 0 saturated heterocycles. The smallest absolute Gasteiger partial charge is 0.00226 e. The molecule has 0 amide bonds. The standard InChI is InChI=1S/C9H22N2/c1-8(2)6-11-7-9(3)4-5-10/h8-9,11H,4-7,10H2,1-3H3/t9-/m1/s1. The average Bonchev–Trinajstić information content (AvgIpc) is 1.87. The van der Waals surface area contributed by atoms with Gasteiger partial charge in [0.1, 0.15) is 0 Å². The van der Waals surface area contributed by atoms with Crippen LogP contribution in [0.1, 0.15) is 27.2 Å². The molecular weight excluding hydrogens is 136 g/mol. The Hall–Kier alpha value is -0.0800. The van der Waals surface area contributed by atoms with Crippen LogP contribution in [0.3, 0.4) is 0 Å². The van der Waals surface area contributed by atoms with Crippen molar-refractivity contribution in [1.82, 2.24) is 5.32 Å². The summed E-state index contributed by atoms with van der Waals surface area (Å²) >= 11 is 0. The number of hydrogen-bond donors (Lipinski definition) is 2. The first-order valence-electron chi connectivity index (χ1n) is 4.57. The van der Waals surface area contributed by atoms with E-state index in [1.54, 1.807) is 0 Å². The molecule has 0 rings (SSSR count). The molecule has 0 aromatic heterocycles. The van der Waals surface area contributed by atoms with E-state index in [4.69, 9.17) is 5.73 Å². The summed E-state index contributed by atoms with van der Waals surface area (Å²) in [7, 11) is 0. The van der Waals surface area contributed by atoms with Gasteiger partial charge in [-0.05, 0) is 37.9 Å². The first-order valence-corrected chi connectivity index (χ1v) is 4.57. The van der Waals surface area contributed by atoms with Gasteiger partial charge in [0, 0.05) is 0 Å². The molecule has 0 saturated carbocycles. The van der Waals surface area contributed by atoms with Crippen molar-refractivity contribution < 1.29 is 0 Å². The lowest BCUT2D eigenvalue weighted by molar-refractivity contribution is 0.458. The number of nitrogens with two attached hydrogens (primary N) is 1. The second kappa shape index (κ2) is 6.62. The Morgan fingerprint density at radius 1 is 1.18 bits per heavy atom. The number of hydrogen-bond acceptors (Lipinski definition) is 2. The minimum atomic E-state index is 0.721. The molecule has 0 aromatic rings. The second-order valence-electron chi connectivity index (χ2n) is 3.73. The lowest BCUT2D eigenvalue weighted by Crippen LogP contribution is -2.26. The summed E-state index contributed by atoms with van der Waals surface area (Å²) in [4.78, 5) is 0. The van der Waals surface area contributed by atoms with Crippen LogP contribution in [0.5, 0.6) is 0 Å². The molecule has 0 radical (unpaired) electrons. The van der Waals surface area contributed by atoms with Crippen LogP contribution in [0.25, 0.3) is 0 Å². The fourth-order valence-corrected chi connectivity index (χ4v) is 1.00. The molecule has 11 heavy (non-hydrogen) atoms. The van der Waals surface area contributed by atoms with Crippen molar-refractivity contribution in [3.05, 3.63) is 0 Å². The molecule has 68 valence electrons. The molecule has 2 nitrogen and oxygen atoms in total. The summed E-state index contributed by atoms with van der Waals surface area (Å²) < 4.78 is 0. The highest BCUT2D eigenvalue weighted by molar-refractivity contribution is 4.58. The fourth-order valence-electron chi connectivity index (χ4n) is 1.00. The fraction of sp³-hybridized carbons (Fsp3) is 1.00. The summed E-state index contributed by atoms with van der Waals surface area (Å²) in [6.45, 7) is 9.72. The third kappa shape index (κ3) is 7.82. The molecule has 0 bridgehead atoms. The highest BCUT2D eigenvalue weighted by Crippen LogP contribution is 1.97. The number of nitrogens with one attached hydrogen (secondary N) is 1. The van der Waals surface area contributed by atoms with Gasteiger partial charge in [-0.15, -0.1) is 0 Å². The van der Waals surface area contributed by atoms with Crippen molar-refractivity contribution in [3.63, 3.8) is 0 Å². The highest BCUT2D eigenvalue weighted by Gasteiger charge is 1.99. The molecule has 3 N–H and O–H groups in total. The normalized spacial score (nSPS) is 13.9. The van der Waals surface area contributed by atoms with Crippen molar-refractivity contribution in [2.45, 2.75) is 27.2 Å². The van der Waals surface area contributed by atoms with E-state index >= 15 is 0 Å². The zero-order chi connectivity index (χ0) is 8.69. The van der Waals surface area contributed by atoms with Crippen molar-refractivity contribution in [1.29, 1.82) is 0 Å². The van der Waals surface area contributed by atoms with E-state index in [0.29, 0.717) is 0 Å². The van der Waals surface area contributed by atoms with Crippen molar-refractivity contribution in [2.24, 2.45) is 17.6 Å². The highest BCUT2D eigenvalue weighted by atomic mass is 14.9. The molecule has 2 heteroatoms. The predicted molar refractivity (Wildman–Crippen MR) is 50.5 cm³/mol. The summed E-state index contributed by atoms with van der Waals surface area (Å²) in [5, 5.41) is 3.41. The van der Waals surface area contributed by atoms with Gasteiger partial charge in [-0.25, -0.2) is 0 Å². The minimum absolute atomic E-state index is 0.721. The average molecular weight is 158 g/mol. The summed E-state index contributed by atoms with van der Waals surface area (Å²) in [6.07, 6.45) is 1.13. The molecule has 0 aliphatic carbocycles. The van der Waals surface area contributed by atoms with Crippen LogP contribution >= 0.6 is 0 Å². The molecule has 0 unspecified atom stereocenters. The van der Waals surface area contributed by atoms with Gasteiger partial charge in [0.25, 0.3) is 0 Å². The molecule has 0 aliphatic heterocycles. The van der Waals surface area contributed by atoms with Crippen LogP contribution in [-0.2, 0) is 0 Å². The van der Waals surface area contributed by atoms with E-state index in [9.17, 15) is 0 Å². The summed E-state index contributed by atoms with van der Waals surface area (Å²) in [5.41, 5.74) is 5.43. The predicted octanol–water partition coefficient (Wildman–Crippen LogP) is 1.22. The van der Waals surface area contributed by atoms with E-state index in [2.05, 4.69) is 26.1 Å². The molecule has 0 heterocycles. The maximum absolute atomic E-state index is 5.43. The van der Waals surface area contributed by atoms with Crippen LogP contribution < -0.4 is 11.1 Å². The summed E-state index contributed by atoms with van der Waals surface area (Å²) in [6, 6.07) is 0. The number of rotatable bonds is 6. The lowest BCUT2D eigenvalue weighted by Gasteiger charge is -2.12. The third-order valence-corrected chi connectivity index (χ3v) is 1.70. The zero-order valence-corrected chi connectivity index (χ0v) is 8.06. The Morgan fingerprint density at radius 3 is 2.27 bits per heavy atom. The lowest BCUT2D eigenvalue weighted by atomic mass is 10.1. The van der Waals surface area contributed by atoms with Gasteiger partial charge >= 0.3 is 0 Å². The van der Waals surface area contributed by atoms with Gasteiger partial charge in [-0.2, -0.15) is 0 Å². The zero-order valence-electron chi connectivity index (χ0n) is 8.06. The SMILES string of the molecule is CC(C)CNC[C@H](C)CCN. The van der Waals surface area contributed by atoms with Gasteiger partial charge < -0.3 is 11.1 Å². The Labute approximate surface area is 70.5 Å². The van der Waals surface area contributed by atoms with Crippen LogP contribution in [0, 0.1) is 11.8 Å².